The average Bonchev–Trinajstić information content (AvgIpc) is 2.55. The lowest BCUT2D eigenvalue weighted by molar-refractivity contribution is 0.0158. The number of rotatable bonds is 1. The molecule has 0 unspecified atom stereocenters. The fourth-order valence-electron chi connectivity index (χ4n) is 4.31. The Balaban J connectivity index is 2.00. The van der Waals surface area contributed by atoms with E-state index in [1.165, 1.54) is 6.07 Å². The summed E-state index contributed by atoms with van der Waals surface area (Å²) in [5.41, 5.74) is 9.41. The van der Waals surface area contributed by atoms with Crippen molar-refractivity contribution in [2.45, 2.75) is 32.6 Å². The highest BCUT2D eigenvalue weighted by molar-refractivity contribution is 5.80. The Hall–Kier alpha value is -2.48. The van der Waals surface area contributed by atoms with E-state index in [1.807, 2.05) is 0 Å². The molecular weight excluding hydrogens is 308 g/mol. The highest BCUT2D eigenvalue weighted by atomic mass is 19.2. The zero-order valence-corrected chi connectivity index (χ0v) is 13.5. The van der Waals surface area contributed by atoms with Gasteiger partial charge in [0.25, 0.3) is 0 Å². The number of hydrogen-bond acceptors (Lipinski definition) is 3. The number of benzene rings is 1. The first-order valence-electron chi connectivity index (χ1n) is 8.02. The minimum atomic E-state index is -0.929. The fraction of sp³-hybridized carbons (Fsp3) is 0.368. The summed E-state index contributed by atoms with van der Waals surface area (Å²) >= 11 is 0. The number of nitrogens with two attached hydrogens (primary N) is 1. The standard InChI is InChI=1S/C19H17F2N3/c1-19(2)10-6-11-16(9-3-4-14(20)15(21)5-9)12(8-22)18(23)24-17(11)13(19)7-10/h3-5,10,13H,6-7H2,1-2H3,(H2,23,24)/t10-,13-/m0/s1. The molecule has 0 spiro atoms. The second kappa shape index (κ2) is 4.76. The molecule has 0 aliphatic heterocycles. The Morgan fingerprint density at radius 1 is 1.29 bits per heavy atom. The molecule has 3 aliphatic carbocycles. The summed E-state index contributed by atoms with van der Waals surface area (Å²) in [6.45, 7) is 4.45. The number of aromatic nitrogens is 1. The SMILES string of the molecule is CC1(C)[C@H]2Cc3c(nc(N)c(C#N)c3-c3ccc(F)c(F)c3)[C@@H]1C2. The molecule has 5 rings (SSSR count). The van der Waals surface area contributed by atoms with Crippen LogP contribution >= 0.6 is 0 Å². The third-order valence-electron chi connectivity index (χ3n) is 5.93. The lowest BCUT2D eigenvalue weighted by atomic mass is 9.48. The van der Waals surface area contributed by atoms with Crippen molar-refractivity contribution in [1.29, 1.82) is 5.26 Å². The first-order valence-corrected chi connectivity index (χ1v) is 8.02. The third kappa shape index (κ3) is 1.83. The molecule has 1 fully saturated rings. The van der Waals surface area contributed by atoms with Crippen molar-refractivity contribution < 1.29 is 8.78 Å². The molecule has 0 radical (unpaired) electrons. The molecule has 24 heavy (non-hydrogen) atoms. The molecule has 1 heterocycles. The Kier molecular flexibility index (Phi) is 2.99. The molecule has 0 amide bonds. The van der Waals surface area contributed by atoms with Gasteiger partial charge in [0.2, 0.25) is 0 Å². The van der Waals surface area contributed by atoms with E-state index in [0.717, 1.165) is 36.2 Å². The molecule has 1 saturated carbocycles. The average molecular weight is 325 g/mol. The van der Waals surface area contributed by atoms with E-state index < -0.39 is 11.6 Å². The van der Waals surface area contributed by atoms with E-state index in [1.54, 1.807) is 0 Å². The van der Waals surface area contributed by atoms with Gasteiger partial charge < -0.3 is 5.73 Å². The predicted molar refractivity (Wildman–Crippen MR) is 87.0 cm³/mol. The van der Waals surface area contributed by atoms with Crippen LogP contribution in [0.25, 0.3) is 11.1 Å². The minimum Gasteiger partial charge on any atom is -0.383 e. The van der Waals surface area contributed by atoms with Crippen LogP contribution in [0.4, 0.5) is 14.6 Å². The maximum atomic E-state index is 13.7. The van der Waals surface area contributed by atoms with Gasteiger partial charge >= 0.3 is 0 Å². The number of halogens is 2. The molecule has 2 N–H and O–H groups in total. The number of hydrogen-bond donors (Lipinski definition) is 1. The van der Waals surface area contributed by atoms with E-state index in [-0.39, 0.29) is 16.8 Å². The van der Waals surface area contributed by atoms with Crippen LogP contribution < -0.4 is 5.73 Å². The van der Waals surface area contributed by atoms with Gasteiger partial charge in [0.05, 0.1) is 5.69 Å². The van der Waals surface area contributed by atoms with E-state index in [4.69, 9.17) is 5.73 Å². The summed E-state index contributed by atoms with van der Waals surface area (Å²) in [7, 11) is 0. The minimum absolute atomic E-state index is 0.159. The molecule has 122 valence electrons. The van der Waals surface area contributed by atoms with E-state index in [0.29, 0.717) is 23.0 Å². The Morgan fingerprint density at radius 2 is 2.04 bits per heavy atom. The van der Waals surface area contributed by atoms with E-state index in [2.05, 4.69) is 24.9 Å². The highest BCUT2D eigenvalue weighted by Gasteiger charge is 2.54. The number of nitrogen functional groups attached to an aromatic ring is 1. The summed E-state index contributed by atoms with van der Waals surface area (Å²) in [5, 5.41) is 9.53. The molecule has 0 saturated heterocycles. The van der Waals surface area contributed by atoms with Crippen LogP contribution in [0.5, 0.6) is 0 Å². The van der Waals surface area contributed by atoms with Gasteiger partial charge in [-0.2, -0.15) is 5.26 Å². The van der Waals surface area contributed by atoms with Crippen molar-refractivity contribution >= 4 is 5.82 Å². The molecular formula is C19H17F2N3. The first-order chi connectivity index (χ1) is 11.3. The summed E-state index contributed by atoms with van der Waals surface area (Å²) in [6, 6.07) is 5.81. The molecule has 3 nitrogen and oxygen atoms in total. The molecule has 1 aromatic carbocycles. The quantitative estimate of drug-likeness (QED) is 0.856. The number of anilines is 1. The zero-order chi connectivity index (χ0) is 17.2. The maximum absolute atomic E-state index is 13.7. The Bertz CT molecular complexity index is 912. The van der Waals surface area contributed by atoms with Gasteiger partial charge in [0.15, 0.2) is 11.6 Å². The smallest absolute Gasteiger partial charge is 0.159 e. The molecule has 2 atom stereocenters. The number of nitrogens with zero attached hydrogens (tertiary/aromatic N) is 2. The highest BCUT2D eigenvalue weighted by Crippen LogP contribution is 2.63. The zero-order valence-electron chi connectivity index (χ0n) is 13.5. The molecule has 3 aliphatic rings. The van der Waals surface area contributed by atoms with Crippen LogP contribution in [0.3, 0.4) is 0 Å². The largest absolute Gasteiger partial charge is 0.383 e. The Morgan fingerprint density at radius 3 is 2.67 bits per heavy atom. The van der Waals surface area contributed by atoms with E-state index in [9.17, 15) is 14.0 Å². The third-order valence-corrected chi connectivity index (χ3v) is 5.93. The monoisotopic (exact) mass is 325 g/mol. The summed E-state index contributed by atoms with van der Waals surface area (Å²) in [6.07, 6.45) is 1.85. The van der Waals surface area contributed by atoms with E-state index >= 15 is 0 Å². The summed E-state index contributed by atoms with van der Waals surface area (Å²) < 4.78 is 27.0. The number of nitriles is 1. The second-order valence-electron chi connectivity index (χ2n) is 7.36. The van der Waals surface area contributed by atoms with Crippen LogP contribution in [-0.4, -0.2) is 4.98 Å². The van der Waals surface area contributed by atoms with Gasteiger partial charge in [0.1, 0.15) is 17.5 Å². The lowest BCUT2D eigenvalue weighted by Gasteiger charge is -2.56. The lowest BCUT2D eigenvalue weighted by Crippen LogP contribution is -2.48. The summed E-state index contributed by atoms with van der Waals surface area (Å²) in [4.78, 5) is 4.51. The van der Waals surface area contributed by atoms with Gasteiger partial charge in [-0.25, -0.2) is 13.8 Å². The molecule has 5 heteroatoms. The van der Waals surface area contributed by atoms with Crippen LogP contribution in [0.15, 0.2) is 18.2 Å². The molecule has 1 aromatic heterocycles. The van der Waals surface area contributed by atoms with Gasteiger partial charge in [-0.15, -0.1) is 0 Å². The second-order valence-corrected chi connectivity index (χ2v) is 7.36. The van der Waals surface area contributed by atoms with Gasteiger partial charge in [-0.05, 0) is 47.4 Å². The van der Waals surface area contributed by atoms with Crippen molar-refractivity contribution in [3.63, 3.8) is 0 Å². The fourth-order valence-corrected chi connectivity index (χ4v) is 4.31. The van der Waals surface area contributed by atoms with Crippen LogP contribution in [0.2, 0.25) is 0 Å². The van der Waals surface area contributed by atoms with Crippen molar-refractivity contribution in [2.24, 2.45) is 11.3 Å². The van der Waals surface area contributed by atoms with Crippen molar-refractivity contribution in [3.05, 3.63) is 46.7 Å². The van der Waals surface area contributed by atoms with Gasteiger partial charge in [-0.3, -0.25) is 0 Å². The van der Waals surface area contributed by atoms with Crippen LogP contribution in [-0.2, 0) is 6.42 Å². The van der Waals surface area contributed by atoms with Crippen molar-refractivity contribution in [2.75, 3.05) is 5.73 Å². The Labute approximate surface area is 139 Å². The van der Waals surface area contributed by atoms with Gasteiger partial charge in [0, 0.05) is 11.5 Å². The van der Waals surface area contributed by atoms with Crippen LogP contribution in [0, 0.1) is 34.3 Å². The van der Waals surface area contributed by atoms with Crippen molar-refractivity contribution in [3.8, 4) is 17.2 Å². The molecule has 2 bridgehead atoms. The number of pyridine rings is 1. The topological polar surface area (TPSA) is 62.7 Å². The van der Waals surface area contributed by atoms with Crippen molar-refractivity contribution in [1.82, 2.24) is 4.98 Å². The normalized spacial score (nSPS) is 23.1. The van der Waals surface area contributed by atoms with Gasteiger partial charge in [-0.1, -0.05) is 19.9 Å². The summed E-state index contributed by atoms with van der Waals surface area (Å²) in [5.74, 6) is -0.863. The predicted octanol–water partition coefficient (Wildman–Crippen LogP) is 4.17. The first kappa shape index (κ1) is 15.1. The van der Waals surface area contributed by atoms with Crippen LogP contribution in [0.1, 0.15) is 43.0 Å². The maximum Gasteiger partial charge on any atom is 0.159 e. The molecule has 2 aromatic rings.